The van der Waals surface area contributed by atoms with E-state index in [9.17, 15) is 9.59 Å². The molecule has 18 heavy (non-hydrogen) atoms. The van der Waals surface area contributed by atoms with Crippen molar-refractivity contribution in [2.75, 3.05) is 0 Å². The minimum atomic E-state index is -0.653. The Balaban J connectivity index is 2.25. The Labute approximate surface area is 102 Å². The molecule has 2 rings (SSSR count). The second-order valence-corrected chi connectivity index (χ2v) is 3.80. The number of nitrogens with zero attached hydrogens (tertiary/aromatic N) is 4. The highest BCUT2D eigenvalue weighted by Crippen LogP contribution is 1.99. The smallest absolute Gasteiger partial charge is 0.299 e. The lowest BCUT2D eigenvalue weighted by Crippen LogP contribution is -2.31. The van der Waals surface area contributed by atoms with Gasteiger partial charge >= 0.3 is 5.69 Å². The number of H-pyrrole nitrogens is 1. The minimum absolute atomic E-state index is 0.0698. The molecule has 2 aromatic rings. The average Bonchev–Trinajstić information content (AvgIpc) is 2.74. The van der Waals surface area contributed by atoms with Gasteiger partial charge in [-0.2, -0.15) is 10.4 Å². The Bertz CT molecular complexity index is 716. The number of nitriles is 1. The number of hydrogen-bond acceptors (Lipinski definition) is 4. The zero-order valence-corrected chi connectivity index (χ0v) is 9.75. The molecule has 0 fully saturated rings. The Hall–Kier alpha value is -2.62. The van der Waals surface area contributed by atoms with Crippen LogP contribution in [0.15, 0.2) is 28.0 Å². The van der Waals surface area contributed by atoms with E-state index < -0.39 is 11.2 Å². The first kappa shape index (κ1) is 11.9. The van der Waals surface area contributed by atoms with Gasteiger partial charge in [0, 0.05) is 38.1 Å². The van der Waals surface area contributed by atoms with Crippen molar-refractivity contribution in [3.05, 3.63) is 50.6 Å². The summed E-state index contributed by atoms with van der Waals surface area (Å²) in [6, 6.07) is 3.60. The van der Waals surface area contributed by atoms with E-state index in [-0.39, 0.29) is 5.56 Å². The van der Waals surface area contributed by atoms with Crippen LogP contribution in [0.5, 0.6) is 0 Å². The van der Waals surface area contributed by atoms with Crippen LogP contribution in [-0.4, -0.2) is 19.3 Å². The Kier molecular flexibility index (Phi) is 3.10. The van der Waals surface area contributed by atoms with E-state index in [1.807, 2.05) is 13.1 Å². The third kappa shape index (κ3) is 2.22. The van der Waals surface area contributed by atoms with Gasteiger partial charge in [0.25, 0.3) is 5.56 Å². The molecule has 92 valence electrons. The summed E-state index contributed by atoms with van der Waals surface area (Å²) in [6.45, 7) is 0.379. The number of nitrogens with one attached hydrogen (secondary N) is 1. The van der Waals surface area contributed by atoms with Gasteiger partial charge < -0.3 is 0 Å². The van der Waals surface area contributed by atoms with Gasteiger partial charge in [0.1, 0.15) is 11.6 Å². The topological polar surface area (TPSA) is 96.5 Å². The van der Waals surface area contributed by atoms with Crippen LogP contribution in [0.25, 0.3) is 0 Å². The maximum atomic E-state index is 11.5. The maximum absolute atomic E-state index is 11.5. The molecule has 0 bridgehead atoms. The molecule has 0 aliphatic carbocycles. The first-order chi connectivity index (χ1) is 8.61. The van der Waals surface area contributed by atoms with E-state index in [1.54, 1.807) is 16.9 Å². The molecule has 2 aromatic heterocycles. The summed E-state index contributed by atoms with van der Waals surface area (Å²) in [5.74, 6) is 0. The minimum Gasteiger partial charge on any atom is -0.299 e. The highest BCUT2D eigenvalue weighted by molar-refractivity contribution is 5.21. The third-order valence-corrected chi connectivity index (χ3v) is 2.66. The highest BCUT2D eigenvalue weighted by atomic mass is 16.2. The highest BCUT2D eigenvalue weighted by Gasteiger charge is 2.05. The third-order valence-electron chi connectivity index (χ3n) is 2.66. The van der Waals surface area contributed by atoms with Crippen LogP contribution in [0.4, 0.5) is 0 Å². The van der Waals surface area contributed by atoms with Gasteiger partial charge in [0.05, 0.1) is 0 Å². The second-order valence-electron chi connectivity index (χ2n) is 3.80. The normalized spacial score (nSPS) is 10.2. The van der Waals surface area contributed by atoms with E-state index in [0.717, 1.165) is 5.69 Å². The molecule has 7 heteroatoms. The van der Waals surface area contributed by atoms with Crippen LogP contribution in [-0.2, 0) is 20.0 Å². The molecule has 7 nitrogen and oxygen atoms in total. The van der Waals surface area contributed by atoms with Crippen LogP contribution < -0.4 is 11.2 Å². The summed E-state index contributed by atoms with van der Waals surface area (Å²) < 4.78 is 3.02. The van der Waals surface area contributed by atoms with Crippen LogP contribution in [0, 0.1) is 11.3 Å². The molecule has 0 unspecified atom stereocenters. The van der Waals surface area contributed by atoms with Crippen molar-refractivity contribution in [3.8, 4) is 6.07 Å². The summed E-state index contributed by atoms with van der Waals surface area (Å²) in [6.07, 6.45) is 3.54. The lowest BCUT2D eigenvalue weighted by molar-refractivity contribution is 0.607. The summed E-state index contributed by atoms with van der Waals surface area (Å²) in [5.41, 5.74) is -0.272. The molecule has 2 heterocycles. The SMILES string of the molecule is Cn1nccc1CCn1cc(C#N)c(=O)[nH]c1=O. The standard InChI is InChI=1S/C11H11N5O2/c1-15-9(2-4-13-15)3-5-16-7-8(6-12)10(17)14-11(16)18/h2,4,7H,3,5H2,1H3,(H,14,17,18). The van der Waals surface area contributed by atoms with Gasteiger partial charge in [-0.1, -0.05) is 0 Å². The number of aryl methyl sites for hydroxylation is 3. The van der Waals surface area contributed by atoms with Gasteiger partial charge in [-0.05, 0) is 6.07 Å². The van der Waals surface area contributed by atoms with Gasteiger partial charge in [-0.15, -0.1) is 0 Å². The fourth-order valence-corrected chi connectivity index (χ4v) is 1.64. The molecule has 0 aliphatic heterocycles. The first-order valence-corrected chi connectivity index (χ1v) is 5.32. The van der Waals surface area contributed by atoms with E-state index >= 15 is 0 Å². The number of hydrogen-bond donors (Lipinski definition) is 1. The van der Waals surface area contributed by atoms with E-state index in [0.29, 0.717) is 13.0 Å². The molecule has 1 N–H and O–H groups in total. The average molecular weight is 245 g/mol. The lowest BCUT2D eigenvalue weighted by Gasteiger charge is -2.05. The fourth-order valence-electron chi connectivity index (χ4n) is 1.64. The summed E-state index contributed by atoms with van der Waals surface area (Å²) in [5, 5.41) is 12.7. The van der Waals surface area contributed by atoms with Gasteiger partial charge in [-0.25, -0.2) is 4.79 Å². The predicted octanol–water partition coefficient (Wildman–Crippen LogP) is -0.616. The summed E-state index contributed by atoms with van der Waals surface area (Å²) >= 11 is 0. The van der Waals surface area contributed by atoms with Crippen molar-refractivity contribution in [2.45, 2.75) is 13.0 Å². The number of aromatic nitrogens is 4. The molecular weight excluding hydrogens is 234 g/mol. The fraction of sp³-hybridized carbons (Fsp3) is 0.273. The zero-order valence-electron chi connectivity index (χ0n) is 9.75. The Morgan fingerprint density at radius 2 is 2.28 bits per heavy atom. The van der Waals surface area contributed by atoms with Gasteiger partial charge in [0.2, 0.25) is 0 Å². The maximum Gasteiger partial charge on any atom is 0.328 e. The molecule has 0 spiro atoms. The lowest BCUT2D eigenvalue weighted by atomic mass is 10.3. The quantitative estimate of drug-likeness (QED) is 0.779. The Morgan fingerprint density at radius 3 is 2.89 bits per heavy atom. The van der Waals surface area contributed by atoms with E-state index in [2.05, 4.69) is 10.1 Å². The predicted molar refractivity (Wildman–Crippen MR) is 62.9 cm³/mol. The molecule has 0 amide bonds. The van der Waals surface area contributed by atoms with Crippen molar-refractivity contribution >= 4 is 0 Å². The first-order valence-electron chi connectivity index (χ1n) is 5.32. The van der Waals surface area contributed by atoms with Crippen molar-refractivity contribution < 1.29 is 0 Å². The van der Waals surface area contributed by atoms with E-state index in [4.69, 9.17) is 5.26 Å². The van der Waals surface area contributed by atoms with Crippen LogP contribution in [0.2, 0.25) is 0 Å². The van der Waals surface area contributed by atoms with E-state index in [1.165, 1.54) is 10.8 Å². The van der Waals surface area contributed by atoms with Crippen LogP contribution in [0.1, 0.15) is 11.3 Å². The molecule has 0 saturated carbocycles. The monoisotopic (exact) mass is 245 g/mol. The molecule has 0 radical (unpaired) electrons. The van der Waals surface area contributed by atoms with Crippen molar-refractivity contribution in [1.29, 1.82) is 5.26 Å². The second kappa shape index (κ2) is 4.71. The molecule has 0 aromatic carbocycles. The molecule has 0 saturated heterocycles. The van der Waals surface area contributed by atoms with Gasteiger partial charge in [0.15, 0.2) is 0 Å². The van der Waals surface area contributed by atoms with Gasteiger partial charge in [-0.3, -0.25) is 19.0 Å². The molecule has 0 aliphatic rings. The van der Waals surface area contributed by atoms with Crippen molar-refractivity contribution in [2.24, 2.45) is 7.05 Å². The van der Waals surface area contributed by atoms with Crippen LogP contribution in [0.3, 0.4) is 0 Å². The van der Waals surface area contributed by atoms with Crippen molar-refractivity contribution in [1.82, 2.24) is 19.3 Å². The summed E-state index contributed by atoms with van der Waals surface area (Å²) in [7, 11) is 1.81. The van der Waals surface area contributed by atoms with Crippen molar-refractivity contribution in [3.63, 3.8) is 0 Å². The number of aromatic amines is 1. The summed E-state index contributed by atoms with van der Waals surface area (Å²) in [4.78, 5) is 24.8. The zero-order chi connectivity index (χ0) is 13.1. The molecule has 0 atom stereocenters. The largest absolute Gasteiger partial charge is 0.328 e. The Morgan fingerprint density at radius 1 is 1.50 bits per heavy atom. The van der Waals surface area contributed by atoms with Crippen LogP contribution >= 0.6 is 0 Å². The number of rotatable bonds is 3. The molecular formula is C11H11N5O2.